The van der Waals surface area contributed by atoms with Crippen molar-refractivity contribution in [3.63, 3.8) is 0 Å². The van der Waals surface area contributed by atoms with Crippen molar-refractivity contribution in [1.29, 1.82) is 0 Å². The summed E-state index contributed by atoms with van der Waals surface area (Å²) in [5, 5.41) is 10.6. The fraction of sp³-hybridized carbons (Fsp3) is 0.348. The number of aromatic amines is 1. The highest BCUT2D eigenvalue weighted by Gasteiger charge is 2.27. The molecule has 10 aromatic carbocycles. The molecule has 0 amide bonds. The van der Waals surface area contributed by atoms with Crippen molar-refractivity contribution in [3.8, 4) is 47.4 Å². The van der Waals surface area contributed by atoms with Gasteiger partial charge in [-0.15, -0.1) is 0 Å². The lowest BCUT2D eigenvalue weighted by Crippen LogP contribution is -2.16. The Balaban J connectivity index is 1.35. The summed E-state index contributed by atoms with van der Waals surface area (Å²) in [7, 11) is 0. The highest BCUT2D eigenvalue weighted by Crippen LogP contribution is 2.46. The van der Waals surface area contributed by atoms with Crippen molar-refractivity contribution in [2.24, 2.45) is 0 Å². The summed E-state index contributed by atoms with van der Waals surface area (Å²) in [6.45, 7) is 55.1. The molecule has 11 rings (SSSR count). The van der Waals surface area contributed by atoms with Crippen LogP contribution >= 0.6 is 0 Å². The van der Waals surface area contributed by atoms with Gasteiger partial charge in [-0.25, -0.2) is 0 Å². The van der Waals surface area contributed by atoms with Crippen LogP contribution < -0.4 is 0 Å². The third kappa shape index (κ3) is 13.3. The van der Waals surface area contributed by atoms with E-state index in [9.17, 15) is 0 Å². The van der Waals surface area contributed by atoms with E-state index in [1.54, 1.807) is 0 Å². The van der Waals surface area contributed by atoms with E-state index < -0.39 is 0 Å². The summed E-state index contributed by atoms with van der Waals surface area (Å²) in [6, 6.07) is 54.7. The molecule has 0 radical (unpaired) electrons. The summed E-state index contributed by atoms with van der Waals surface area (Å²) < 4.78 is 0. The Hall–Kier alpha value is -8.72. The summed E-state index contributed by atoms with van der Waals surface area (Å²) in [5.41, 5.74) is 19.5. The highest BCUT2D eigenvalue weighted by molar-refractivity contribution is 6.33. The predicted molar refractivity (Wildman–Crippen MR) is 405 cm³/mol. The summed E-state index contributed by atoms with van der Waals surface area (Å²) in [5.74, 6) is 31.2. The Kier molecular flexibility index (Phi) is 16.3. The molecule has 93 heavy (non-hydrogen) atoms. The Morgan fingerprint density at radius 3 is 0.624 bits per heavy atom. The van der Waals surface area contributed by atoms with Gasteiger partial charge < -0.3 is 4.98 Å². The summed E-state index contributed by atoms with van der Waals surface area (Å²) >= 11 is 0. The van der Waals surface area contributed by atoms with Crippen molar-refractivity contribution in [3.05, 3.63) is 235 Å². The van der Waals surface area contributed by atoms with Crippen molar-refractivity contribution in [2.45, 2.75) is 209 Å². The number of nitrogens with one attached hydrogen (secondary N) is 1. The molecule has 1 heteroatoms. The standard InChI is InChI=1S/C92H97N/c1-85(2,3)61-45-57(46-62(53-61)86(4,5)6)33-37-73-69-29-25-27-31-71(69)75(39-35-59-49-65(89(13,14)15)55-66(50-59)90(16,17)18)81-77(73)41-43-79-83(81)84-80(93-79)44-42-78-74(38-34-58-47-63(87(7,8)9)54-64(48-58)88(10,11)12)70-30-26-28-32-72(70)76(82(78)84)40-36-60-51-67(91(19,20)21)56-68(52-60)92(22,23)24/h25-32,41-56,93H,1-24H3. The molecule has 0 aliphatic rings. The number of rotatable bonds is 0. The van der Waals surface area contributed by atoms with Crippen LogP contribution in [-0.4, -0.2) is 4.98 Å². The molecule has 0 aliphatic carbocycles. The molecular formula is C92H97N. The van der Waals surface area contributed by atoms with Crippen LogP contribution in [0.2, 0.25) is 0 Å². The van der Waals surface area contributed by atoms with Crippen LogP contribution in [0.15, 0.2) is 146 Å². The molecule has 11 aromatic rings. The number of fused-ring (bicyclic) bond motifs is 9. The quantitative estimate of drug-likeness (QED) is 0.115. The number of hydrogen-bond donors (Lipinski definition) is 1. The fourth-order valence-corrected chi connectivity index (χ4v) is 12.7. The monoisotopic (exact) mass is 1220 g/mol. The van der Waals surface area contributed by atoms with Gasteiger partial charge in [-0.2, -0.15) is 0 Å². The minimum absolute atomic E-state index is 0.0693. The molecule has 1 nitrogen and oxygen atoms in total. The first kappa shape index (κ1) is 65.8. The van der Waals surface area contributed by atoms with E-state index in [4.69, 9.17) is 0 Å². The first-order chi connectivity index (χ1) is 43.1. The average molecular weight is 1220 g/mol. The maximum atomic E-state index is 4.02. The minimum Gasteiger partial charge on any atom is -0.354 e. The largest absolute Gasteiger partial charge is 0.354 e. The summed E-state index contributed by atoms with van der Waals surface area (Å²) in [4.78, 5) is 4.02. The molecule has 0 saturated heterocycles. The zero-order chi connectivity index (χ0) is 67.5. The Bertz CT molecular complexity index is 4690. The lowest BCUT2D eigenvalue weighted by atomic mass is 9.79. The number of aromatic nitrogens is 1. The maximum Gasteiger partial charge on any atom is 0.0472 e. The lowest BCUT2D eigenvalue weighted by Gasteiger charge is -2.25. The minimum atomic E-state index is -0.0845. The molecule has 1 heterocycles. The molecule has 0 fully saturated rings. The molecule has 0 spiro atoms. The predicted octanol–water partition coefficient (Wildman–Crippen LogP) is 23.9. The first-order valence-corrected chi connectivity index (χ1v) is 33.7. The lowest BCUT2D eigenvalue weighted by molar-refractivity contribution is 0.567. The van der Waals surface area contributed by atoms with Gasteiger partial charge in [-0.1, -0.05) is 298 Å². The second-order valence-electron chi connectivity index (χ2n) is 34.7. The van der Waals surface area contributed by atoms with Gasteiger partial charge in [0.1, 0.15) is 0 Å². The van der Waals surface area contributed by atoms with Crippen LogP contribution in [0.5, 0.6) is 0 Å². The van der Waals surface area contributed by atoms with Gasteiger partial charge in [0.25, 0.3) is 0 Å². The van der Waals surface area contributed by atoms with E-state index in [1.807, 2.05) is 0 Å². The molecule has 0 atom stereocenters. The van der Waals surface area contributed by atoms with Crippen molar-refractivity contribution < 1.29 is 0 Å². The molecular weight excluding hydrogens is 1120 g/mol. The maximum absolute atomic E-state index is 4.02. The Morgan fingerprint density at radius 1 is 0.204 bits per heavy atom. The third-order valence-electron chi connectivity index (χ3n) is 18.9. The molecule has 0 unspecified atom stereocenters. The molecule has 0 aliphatic heterocycles. The topological polar surface area (TPSA) is 15.8 Å². The van der Waals surface area contributed by atoms with Gasteiger partial charge in [-0.3, -0.25) is 0 Å². The van der Waals surface area contributed by atoms with Crippen LogP contribution in [0.1, 0.15) is 255 Å². The van der Waals surface area contributed by atoms with Gasteiger partial charge in [0.15, 0.2) is 0 Å². The van der Waals surface area contributed by atoms with Crippen molar-refractivity contribution in [1.82, 2.24) is 4.98 Å². The van der Waals surface area contributed by atoms with Crippen LogP contribution in [-0.2, 0) is 43.3 Å². The van der Waals surface area contributed by atoms with E-state index >= 15 is 0 Å². The van der Waals surface area contributed by atoms with Crippen LogP contribution in [0.4, 0.5) is 0 Å². The SMILES string of the molecule is CC(C)(C)c1cc(C#Cc2c3ccccc3c(C#Cc3cc(C(C)(C)C)cc(C(C)(C)C)c3)c3c2ccc2[nH]c4ccc5c(C#Cc6cc(C(C)(C)C)cc(C(C)(C)C)c6)c6ccccc6c(C#Cc6cc(C(C)(C)C)cc(C(C)(C)C)c6)c5c4c23)cc(C(C)(C)C)c1. The van der Waals surface area contributed by atoms with Gasteiger partial charge in [0.2, 0.25) is 0 Å². The molecule has 0 bridgehead atoms. The first-order valence-electron chi connectivity index (χ1n) is 33.7. The van der Waals surface area contributed by atoms with Crippen LogP contribution in [0.25, 0.3) is 64.9 Å². The normalized spacial score (nSPS) is 12.8. The second kappa shape index (κ2) is 23.1. The average Bonchev–Trinajstić information content (AvgIpc) is 1.65. The van der Waals surface area contributed by atoms with Crippen LogP contribution in [0, 0.1) is 47.4 Å². The molecule has 0 saturated carbocycles. The smallest absolute Gasteiger partial charge is 0.0472 e. The van der Waals surface area contributed by atoms with Crippen LogP contribution in [0.3, 0.4) is 0 Å². The number of H-pyrrole nitrogens is 1. The van der Waals surface area contributed by atoms with E-state index in [1.165, 1.54) is 44.5 Å². The van der Waals surface area contributed by atoms with Gasteiger partial charge in [-0.05, 0) is 181 Å². The Labute approximate surface area is 558 Å². The second-order valence-corrected chi connectivity index (χ2v) is 34.7. The number of benzene rings is 10. The number of hydrogen-bond acceptors (Lipinski definition) is 0. The van der Waals surface area contributed by atoms with Crippen molar-refractivity contribution >= 4 is 64.9 Å². The van der Waals surface area contributed by atoms with Crippen molar-refractivity contribution in [2.75, 3.05) is 0 Å². The van der Waals surface area contributed by atoms with E-state index in [0.717, 1.165) is 109 Å². The van der Waals surface area contributed by atoms with E-state index in [0.29, 0.717) is 0 Å². The van der Waals surface area contributed by atoms with E-state index in [2.05, 4.69) is 364 Å². The highest BCUT2D eigenvalue weighted by atomic mass is 14.7. The fourth-order valence-electron chi connectivity index (χ4n) is 12.7. The third-order valence-corrected chi connectivity index (χ3v) is 18.9. The molecule has 1 aromatic heterocycles. The van der Waals surface area contributed by atoms with Gasteiger partial charge in [0, 0.05) is 77.1 Å². The Morgan fingerprint density at radius 2 is 0.409 bits per heavy atom. The summed E-state index contributed by atoms with van der Waals surface area (Å²) in [6.07, 6.45) is 0. The molecule has 1 N–H and O–H groups in total. The van der Waals surface area contributed by atoms with Gasteiger partial charge in [0.05, 0.1) is 0 Å². The zero-order valence-corrected chi connectivity index (χ0v) is 60.4. The van der Waals surface area contributed by atoms with E-state index in [-0.39, 0.29) is 43.3 Å². The molecule has 470 valence electrons. The zero-order valence-electron chi connectivity index (χ0n) is 60.4. The van der Waals surface area contributed by atoms with Gasteiger partial charge >= 0.3 is 0 Å².